The van der Waals surface area contributed by atoms with Crippen LogP contribution in [0.3, 0.4) is 0 Å². The average molecular weight is 222 g/mol. The van der Waals surface area contributed by atoms with Crippen molar-refractivity contribution in [3.63, 3.8) is 0 Å². The van der Waals surface area contributed by atoms with Crippen LogP contribution in [0.15, 0.2) is 18.2 Å². The summed E-state index contributed by atoms with van der Waals surface area (Å²) in [5.41, 5.74) is 0.853. The van der Waals surface area contributed by atoms with Crippen LogP contribution in [0.2, 0.25) is 0 Å². The highest BCUT2D eigenvalue weighted by Crippen LogP contribution is 2.32. The summed E-state index contributed by atoms with van der Waals surface area (Å²) in [6.07, 6.45) is 2.33. The van der Waals surface area contributed by atoms with Gasteiger partial charge >= 0.3 is 0 Å². The summed E-state index contributed by atoms with van der Waals surface area (Å²) in [6, 6.07) is 4.84. The summed E-state index contributed by atoms with van der Waals surface area (Å²) in [5, 5.41) is 10.8. The number of ether oxygens (including phenoxy) is 1. The molecule has 0 N–H and O–H groups in total. The second kappa shape index (κ2) is 4.00. The van der Waals surface area contributed by atoms with Gasteiger partial charge in [-0.25, -0.2) is 0 Å². The van der Waals surface area contributed by atoms with Gasteiger partial charge in [0, 0.05) is 31.9 Å². The van der Waals surface area contributed by atoms with Crippen molar-refractivity contribution in [1.82, 2.24) is 0 Å². The van der Waals surface area contributed by atoms with Crippen molar-refractivity contribution >= 4 is 11.4 Å². The molecule has 0 radical (unpaired) electrons. The van der Waals surface area contributed by atoms with E-state index in [4.69, 9.17) is 4.74 Å². The second-order valence-electron chi connectivity index (χ2n) is 4.15. The molecule has 0 spiro atoms. The molecule has 5 heteroatoms. The SMILES string of the molecule is CN(C)c1cc(OC2CC2)cc([N+](=O)[O-])c1. The summed E-state index contributed by atoms with van der Waals surface area (Å²) in [4.78, 5) is 12.2. The highest BCUT2D eigenvalue weighted by molar-refractivity contribution is 5.57. The van der Waals surface area contributed by atoms with Crippen LogP contribution >= 0.6 is 0 Å². The number of benzene rings is 1. The van der Waals surface area contributed by atoms with Crippen molar-refractivity contribution in [2.75, 3.05) is 19.0 Å². The number of hydrogen-bond donors (Lipinski definition) is 0. The predicted molar refractivity (Wildman–Crippen MR) is 61.1 cm³/mol. The van der Waals surface area contributed by atoms with Crippen molar-refractivity contribution < 1.29 is 9.66 Å². The largest absolute Gasteiger partial charge is 0.490 e. The van der Waals surface area contributed by atoms with E-state index in [-0.39, 0.29) is 11.8 Å². The molecule has 1 aromatic carbocycles. The topological polar surface area (TPSA) is 55.6 Å². The molecule has 0 bridgehead atoms. The molecule has 0 heterocycles. The van der Waals surface area contributed by atoms with Gasteiger partial charge in [0.05, 0.1) is 17.1 Å². The first-order valence-electron chi connectivity index (χ1n) is 5.20. The Hall–Kier alpha value is -1.78. The van der Waals surface area contributed by atoms with Crippen LogP contribution in [-0.2, 0) is 0 Å². The van der Waals surface area contributed by atoms with Gasteiger partial charge < -0.3 is 9.64 Å². The van der Waals surface area contributed by atoms with Gasteiger partial charge in [-0.15, -0.1) is 0 Å². The molecular formula is C11H14N2O3. The lowest BCUT2D eigenvalue weighted by atomic mass is 10.2. The molecule has 1 aliphatic rings. The monoisotopic (exact) mass is 222 g/mol. The maximum Gasteiger partial charge on any atom is 0.275 e. The Morgan fingerprint density at radius 1 is 1.38 bits per heavy atom. The Labute approximate surface area is 93.8 Å². The van der Waals surface area contributed by atoms with E-state index in [0.717, 1.165) is 18.5 Å². The number of nitrogens with zero attached hydrogens (tertiary/aromatic N) is 2. The van der Waals surface area contributed by atoms with Crippen LogP contribution in [-0.4, -0.2) is 25.1 Å². The highest BCUT2D eigenvalue weighted by Gasteiger charge is 2.24. The zero-order valence-corrected chi connectivity index (χ0v) is 9.34. The molecule has 1 saturated carbocycles. The maximum atomic E-state index is 10.8. The lowest BCUT2D eigenvalue weighted by Gasteiger charge is -2.14. The lowest BCUT2D eigenvalue weighted by Crippen LogP contribution is -2.09. The number of hydrogen-bond acceptors (Lipinski definition) is 4. The molecule has 86 valence electrons. The van der Waals surface area contributed by atoms with E-state index < -0.39 is 4.92 Å². The smallest absolute Gasteiger partial charge is 0.275 e. The van der Waals surface area contributed by atoms with E-state index in [1.165, 1.54) is 6.07 Å². The summed E-state index contributed by atoms with van der Waals surface area (Å²) < 4.78 is 5.58. The molecule has 5 nitrogen and oxygen atoms in total. The fourth-order valence-electron chi connectivity index (χ4n) is 1.38. The Morgan fingerprint density at radius 2 is 2.06 bits per heavy atom. The number of nitro benzene ring substituents is 1. The molecule has 1 fully saturated rings. The number of non-ortho nitro benzene ring substituents is 1. The summed E-state index contributed by atoms with van der Waals surface area (Å²) in [7, 11) is 3.69. The van der Waals surface area contributed by atoms with Gasteiger partial charge in [0.1, 0.15) is 5.75 Å². The number of rotatable bonds is 4. The fourth-order valence-corrected chi connectivity index (χ4v) is 1.38. The molecule has 1 aromatic rings. The lowest BCUT2D eigenvalue weighted by molar-refractivity contribution is -0.384. The first kappa shape index (κ1) is 10.7. The fraction of sp³-hybridized carbons (Fsp3) is 0.455. The van der Waals surface area contributed by atoms with Gasteiger partial charge in [0.25, 0.3) is 5.69 Å². The quantitative estimate of drug-likeness (QED) is 0.579. The zero-order valence-electron chi connectivity index (χ0n) is 9.34. The standard InChI is InChI=1S/C11H14N2O3/c1-12(2)8-5-9(13(14)15)7-11(6-8)16-10-3-4-10/h5-7,10H,3-4H2,1-2H3. The third-order valence-corrected chi connectivity index (χ3v) is 2.43. The number of nitro groups is 1. The Bertz CT molecular complexity index is 414. The molecule has 2 rings (SSSR count). The van der Waals surface area contributed by atoms with Gasteiger partial charge in [-0.3, -0.25) is 10.1 Å². The molecular weight excluding hydrogens is 208 g/mol. The van der Waals surface area contributed by atoms with Crippen molar-refractivity contribution in [1.29, 1.82) is 0 Å². The first-order valence-corrected chi connectivity index (χ1v) is 5.20. The normalized spacial score (nSPS) is 14.6. The highest BCUT2D eigenvalue weighted by atomic mass is 16.6. The van der Waals surface area contributed by atoms with E-state index >= 15 is 0 Å². The zero-order chi connectivity index (χ0) is 11.7. The van der Waals surface area contributed by atoms with Crippen molar-refractivity contribution in [3.05, 3.63) is 28.3 Å². The van der Waals surface area contributed by atoms with Gasteiger partial charge in [-0.1, -0.05) is 0 Å². The van der Waals surface area contributed by atoms with E-state index in [1.54, 1.807) is 6.07 Å². The molecule has 16 heavy (non-hydrogen) atoms. The van der Waals surface area contributed by atoms with Gasteiger partial charge in [-0.2, -0.15) is 0 Å². The van der Waals surface area contributed by atoms with E-state index in [0.29, 0.717) is 5.75 Å². The third kappa shape index (κ3) is 2.42. The minimum absolute atomic E-state index is 0.0712. The Morgan fingerprint density at radius 3 is 2.56 bits per heavy atom. The van der Waals surface area contributed by atoms with Crippen LogP contribution in [0.5, 0.6) is 5.75 Å². The molecule has 0 saturated heterocycles. The molecule has 0 unspecified atom stereocenters. The van der Waals surface area contributed by atoms with Crippen molar-refractivity contribution in [2.45, 2.75) is 18.9 Å². The second-order valence-corrected chi connectivity index (χ2v) is 4.15. The number of anilines is 1. The minimum Gasteiger partial charge on any atom is -0.490 e. The third-order valence-electron chi connectivity index (χ3n) is 2.43. The molecule has 0 aliphatic heterocycles. The van der Waals surface area contributed by atoms with Gasteiger partial charge in [0.2, 0.25) is 0 Å². The van der Waals surface area contributed by atoms with Crippen LogP contribution < -0.4 is 9.64 Å². The van der Waals surface area contributed by atoms with E-state index in [1.807, 2.05) is 25.1 Å². The molecule has 1 aliphatic carbocycles. The van der Waals surface area contributed by atoms with Crippen LogP contribution in [0.1, 0.15) is 12.8 Å². The Kier molecular flexibility index (Phi) is 2.68. The van der Waals surface area contributed by atoms with Gasteiger partial charge in [-0.05, 0) is 12.8 Å². The van der Waals surface area contributed by atoms with Crippen molar-refractivity contribution in [3.8, 4) is 5.75 Å². The van der Waals surface area contributed by atoms with Crippen LogP contribution in [0.4, 0.5) is 11.4 Å². The van der Waals surface area contributed by atoms with Crippen LogP contribution in [0, 0.1) is 10.1 Å². The molecule has 0 amide bonds. The summed E-state index contributed by atoms with van der Waals surface area (Å²) in [5.74, 6) is 0.584. The average Bonchev–Trinajstić information content (AvgIpc) is 3.01. The van der Waals surface area contributed by atoms with Crippen molar-refractivity contribution in [2.24, 2.45) is 0 Å². The van der Waals surface area contributed by atoms with Gasteiger partial charge in [0.15, 0.2) is 0 Å². The maximum absolute atomic E-state index is 10.8. The Balaban J connectivity index is 2.31. The van der Waals surface area contributed by atoms with E-state index in [2.05, 4.69) is 0 Å². The van der Waals surface area contributed by atoms with Crippen LogP contribution in [0.25, 0.3) is 0 Å². The first-order chi connectivity index (χ1) is 7.56. The minimum atomic E-state index is -0.396. The molecule has 0 aromatic heterocycles. The van der Waals surface area contributed by atoms with E-state index in [9.17, 15) is 10.1 Å². The molecule has 0 atom stereocenters. The summed E-state index contributed by atoms with van der Waals surface area (Å²) >= 11 is 0. The predicted octanol–water partition coefficient (Wildman–Crippen LogP) is 2.20. The summed E-state index contributed by atoms with van der Waals surface area (Å²) in [6.45, 7) is 0.